The molecule has 0 saturated heterocycles. The maximum absolute atomic E-state index is 11.8. The van der Waals surface area contributed by atoms with E-state index in [2.05, 4.69) is 0 Å². The highest BCUT2D eigenvalue weighted by atomic mass is 19.4. The molecule has 0 aliphatic heterocycles. The topological polar surface area (TPSA) is 3.88 Å². The lowest BCUT2D eigenvalue weighted by Crippen LogP contribution is -2.32. The minimum Gasteiger partial charge on any atom is -0.205 e. The molecule has 0 aliphatic rings. The van der Waals surface area contributed by atoms with Crippen molar-refractivity contribution in [3.05, 3.63) is 30.6 Å². The number of unbranched alkanes of at least 4 members (excludes halogenated alkanes) is 2. The first-order valence-electron chi connectivity index (χ1n) is 5.09. The Morgan fingerprint density at radius 2 is 1.53 bits per heavy atom. The number of nitrogens with zero attached hydrogens (tertiary/aromatic N) is 1. The highest BCUT2D eigenvalue weighted by Crippen LogP contribution is 2.22. The van der Waals surface area contributed by atoms with Gasteiger partial charge in [0.2, 0.25) is 0 Å². The number of pyridine rings is 1. The molecule has 1 heterocycles. The summed E-state index contributed by atoms with van der Waals surface area (Å²) >= 11 is 0. The van der Waals surface area contributed by atoms with Crippen molar-refractivity contribution in [1.82, 2.24) is 0 Å². The average molecular weight is 218 g/mol. The second-order valence-corrected chi connectivity index (χ2v) is 3.54. The molecule has 1 rings (SSSR count). The van der Waals surface area contributed by atoms with Crippen molar-refractivity contribution in [2.75, 3.05) is 0 Å². The van der Waals surface area contributed by atoms with Crippen LogP contribution in [0.4, 0.5) is 13.2 Å². The lowest BCUT2D eigenvalue weighted by atomic mass is 10.2. The van der Waals surface area contributed by atoms with Crippen molar-refractivity contribution in [1.29, 1.82) is 0 Å². The summed E-state index contributed by atoms with van der Waals surface area (Å²) in [5, 5.41) is 0. The molecule has 0 saturated carbocycles. The molecule has 1 aromatic rings. The number of hydrogen-bond acceptors (Lipinski definition) is 0. The lowest BCUT2D eigenvalue weighted by Gasteiger charge is -2.04. The Morgan fingerprint density at radius 1 is 0.867 bits per heavy atom. The molecule has 0 amide bonds. The standard InChI is InChI=1S/C11H15F3N/c12-11(13,14)7-3-1-4-8-15-9-5-2-6-10-15/h2,5-6,9-10H,1,3-4,7-8H2/q+1. The average Bonchev–Trinajstić information content (AvgIpc) is 2.17. The van der Waals surface area contributed by atoms with Crippen LogP contribution >= 0.6 is 0 Å². The molecule has 15 heavy (non-hydrogen) atoms. The summed E-state index contributed by atoms with van der Waals surface area (Å²) in [6.45, 7) is 0.790. The Balaban J connectivity index is 2.08. The second kappa shape index (κ2) is 5.73. The molecule has 0 spiro atoms. The van der Waals surface area contributed by atoms with Gasteiger partial charge < -0.3 is 0 Å². The molecule has 0 atom stereocenters. The van der Waals surface area contributed by atoms with E-state index in [1.807, 2.05) is 35.2 Å². The molecule has 4 heteroatoms. The Labute approximate surface area is 87.5 Å². The summed E-state index contributed by atoms with van der Waals surface area (Å²) in [5.41, 5.74) is 0. The third kappa shape index (κ3) is 6.10. The van der Waals surface area contributed by atoms with Crippen LogP contribution in [0.5, 0.6) is 0 Å². The third-order valence-corrected chi connectivity index (χ3v) is 2.15. The molecule has 0 bridgehead atoms. The van der Waals surface area contributed by atoms with Gasteiger partial charge in [-0.15, -0.1) is 0 Å². The van der Waals surface area contributed by atoms with E-state index in [0.29, 0.717) is 6.42 Å². The summed E-state index contributed by atoms with van der Waals surface area (Å²) in [4.78, 5) is 0. The van der Waals surface area contributed by atoms with Crippen molar-refractivity contribution in [2.45, 2.75) is 38.4 Å². The van der Waals surface area contributed by atoms with Crippen LogP contribution in [-0.2, 0) is 6.54 Å². The molecule has 84 valence electrons. The van der Waals surface area contributed by atoms with Gasteiger partial charge >= 0.3 is 6.18 Å². The second-order valence-electron chi connectivity index (χ2n) is 3.54. The van der Waals surface area contributed by atoms with Crippen LogP contribution in [-0.4, -0.2) is 6.18 Å². The van der Waals surface area contributed by atoms with Crippen LogP contribution in [0.1, 0.15) is 25.7 Å². The fourth-order valence-electron chi connectivity index (χ4n) is 1.38. The Kier molecular flexibility index (Phi) is 4.59. The number of alkyl halides is 3. The number of rotatable bonds is 5. The van der Waals surface area contributed by atoms with Crippen molar-refractivity contribution in [2.24, 2.45) is 0 Å². The van der Waals surface area contributed by atoms with E-state index in [9.17, 15) is 13.2 Å². The quantitative estimate of drug-likeness (QED) is 0.528. The number of aryl methyl sites for hydroxylation is 1. The molecular formula is C11H15F3N+. The first-order valence-corrected chi connectivity index (χ1v) is 5.09. The monoisotopic (exact) mass is 218 g/mol. The normalized spacial score (nSPS) is 11.7. The fraction of sp³-hybridized carbons (Fsp3) is 0.545. The maximum Gasteiger partial charge on any atom is 0.389 e. The van der Waals surface area contributed by atoms with Gasteiger partial charge in [0.25, 0.3) is 0 Å². The minimum atomic E-state index is -4.00. The summed E-state index contributed by atoms with van der Waals surface area (Å²) < 4.78 is 37.4. The van der Waals surface area contributed by atoms with E-state index >= 15 is 0 Å². The maximum atomic E-state index is 11.8. The Morgan fingerprint density at radius 3 is 2.13 bits per heavy atom. The number of halogens is 3. The zero-order valence-electron chi connectivity index (χ0n) is 8.50. The largest absolute Gasteiger partial charge is 0.389 e. The smallest absolute Gasteiger partial charge is 0.205 e. The summed E-state index contributed by atoms with van der Waals surface area (Å²) in [7, 11) is 0. The van der Waals surface area contributed by atoms with E-state index in [0.717, 1.165) is 13.0 Å². The molecule has 0 N–H and O–H groups in total. The first-order chi connectivity index (χ1) is 7.08. The molecular weight excluding hydrogens is 203 g/mol. The van der Waals surface area contributed by atoms with Gasteiger partial charge in [-0.2, -0.15) is 13.2 Å². The predicted molar refractivity (Wildman–Crippen MR) is 51.2 cm³/mol. The highest BCUT2D eigenvalue weighted by molar-refractivity contribution is 4.83. The highest BCUT2D eigenvalue weighted by Gasteiger charge is 2.25. The van der Waals surface area contributed by atoms with Gasteiger partial charge in [-0.05, 0) is 12.8 Å². The summed E-state index contributed by atoms with van der Waals surface area (Å²) in [6, 6.07) is 5.74. The lowest BCUT2D eigenvalue weighted by molar-refractivity contribution is -0.697. The summed E-state index contributed by atoms with van der Waals surface area (Å²) in [6.07, 6.45) is 0.836. The van der Waals surface area contributed by atoms with Gasteiger partial charge in [-0.1, -0.05) is 6.07 Å². The van der Waals surface area contributed by atoms with Gasteiger partial charge in [0.05, 0.1) is 0 Å². The Bertz CT molecular complexity index is 269. The molecule has 0 aromatic carbocycles. The molecule has 0 aliphatic carbocycles. The number of hydrogen-bond donors (Lipinski definition) is 0. The van der Waals surface area contributed by atoms with Gasteiger partial charge in [0.1, 0.15) is 6.54 Å². The van der Waals surface area contributed by atoms with Gasteiger partial charge in [0, 0.05) is 25.0 Å². The van der Waals surface area contributed by atoms with Crippen LogP contribution in [0.2, 0.25) is 0 Å². The van der Waals surface area contributed by atoms with Crippen molar-refractivity contribution in [3.63, 3.8) is 0 Å². The van der Waals surface area contributed by atoms with Gasteiger partial charge in [-0.3, -0.25) is 0 Å². The Hall–Kier alpha value is -1.06. The molecule has 0 radical (unpaired) electrons. The van der Waals surface area contributed by atoms with Crippen molar-refractivity contribution >= 4 is 0 Å². The van der Waals surface area contributed by atoms with E-state index in [1.165, 1.54) is 0 Å². The van der Waals surface area contributed by atoms with Crippen LogP contribution in [0.25, 0.3) is 0 Å². The molecule has 0 fully saturated rings. The zero-order chi connectivity index (χ0) is 11.1. The van der Waals surface area contributed by atoms with Crippen LogP contribution in [0, 0.1) is 0 Å². The zero-order valence-corrected chi connectivity index (χ0v) is 8.50. The van der Waals surface area contributed by atoms with Crippen LogP contribution in [0.3, 0.4) is 0 Å². The van der Waals surface area contributed by atoms with Crippen molar-refractivity contribution < 1.29 is 17.7 Å². The van der Waals surface area contributed by atoms with Crippen LogP contribution < -0.4 is 4.57 Å². The molecule has 1 nitrogen and oxygen atoms in total. The molecule has 0 unspecified atom stereocenters. The first kappa shape index (κ1) is 12.0. The van der Waals surface area contributed by atoms with Gasteiger partial charge in [-0.25, -0.2) is 4.57 Å². The van der Waals surface area contributed by atoms with E-state index in [1.54, 1.807) is 0 Å². The van der Waals surface area contributed by atoms with Crippen molar-refractivity contribution in [3.8, 4) is 0 Å². The SMILES string of the molecule is FC(F)(F)CCCCC[n+]1ccccc1. The van der Waals surface area contributed by atoms with E-state index in [4.69, 9.17) is 0 Å². The fourth-order valence-corrected chi connectivity index (χ4v) is 1.38. The van der Waals surface area contributed by atoms with Gasteiger partial charge in [0.15, 0.2) is 12.4 Å². The predicted octanol–water partition coefficient (Wildman–Crippen LogP) is 3.10. The van der Waals surface area contributed by atoms with Crippen LogP contribution in [0.15, 0.2) is 30.6 Å². The third-order valence-electron chi connectivity index (χ3n) is 2.15. The van der Waals surface area contributed by atoms with E-state index < -0.39 is 12.6 Å². The minimum absolute atomic E-state index is 0.233. The molecule has 1 aromatic heterocycles. The number of aromatic nitrogens is 1. The summed E-state index contributed by atoms with van der Waals surface area (Å²) in [5.74, 6) is 0. The van der Waals surface area contributed by atoms with E-state index in [-0.39, 0.29) is 6.42 Å².